The first-order valence-corrected chi connectivity index (χ1v) is 3.76. The minimum absolute atomic E-state index is 0.500. The zero-order valence-electron chi connectivity index (χ0n) is 7.53. The predicted molar refractivity (Wildman–Crippen MR) is 45.7 cm³/mol. The van der Waals surface area contributed by atoms with E-state index < -0.39 is 6.47 Å². The van der Waals surface area contributed by atoms with E-state index in [-0.39, 0.29) is 0 Å². The van der Waals surface area contributed by atoms with Crippen LogP contribution >= 0.6 is 0 Å². The van der Waals surface area contributed by atoms with Gasteiger partial charge in [0.15, 0.2) is 0 Å². The first-order valence-electron chi connectivity index (χ1n) is 3.76. The molecule has 0 spiro atoms. The number of hydrogen-bond acceptors (Lipinski definition) is 3. The van der Waals surface area contributed by atoms with Gasteiger partial charge >= 0.3 is 0 Å². The zero-order chi connectivity index (χ0) is 10.1. The van der Waals surface area contributed by atoms with Gasteiger partial charge in [0.05, 0.1) is 13.7 Å². The summed E-state index contributed by atoms with van der Waals surface area (Å²) in [6.07, 6.45) is 0. The van der Waals surface area contributed by atoms with Crippen LogP contribution in [-0.2, 0) is 11.3 Å². The van der Waals surface area contributed by atoms with Gasteiger partial charge in [-0.15, -0.1) is 0 Å². The van der Waals surface area contributed by atoms with Gasteiger partial charge in [0.25, 0.3) is 0 Å². The van der Waals surface area contributed by atoms with E-state index in [1.54, 1.807) is 7.11 Å². The molecule has 0 atom stereocenters. The Morgan fingerprint density at radius 1 is 1.46 bits per heavy atom. The Morgan fingerprint density at radius 2 is 1.92 bits per heavy atom. The van der Waals surface area contributed by atoms with Gasteiger partial charge < -0.3 is 20.4 Å². The second-order valence-electron chi connectivity index (χ2n) is 2.19. The zero-order valence-corrected chi connectivity index (χ0v) is 7.53. The topological polar surface area (TPSA) is 77.0 Å². The molecule has 4 nitrogen and oxygen atoms in total. The predicted octanol–water partition coefficient (Wildman–Crippen LogP) is -1.20. The van der Waals surface area contributed by atoms with E-state index in [9.17, 15) is 0 Å². The number of carbonyl (C=O) groups excluding carboxylic acids is 1. The van der Waals surface area contributed by atoms with E-state index >= 15 is 0 Å². The van der Waals surface area contributed by atoms with Crippen LogP contribution in [0.3, 0.4) is 0 Å². The van der Waals surface area contributed by atoms with Crippen molar-refractivity contribution < 1.29 is 20.4 Å². The fourth-order valence-corrected chi connectivity index (χ4v) is 0.792. The molecule has 0 unspecified atom stereocenters. The average Bonchev–Trinajstić information content (AvgIpc) is 2.19. The number of methoxy groups -OCH3 is 1. The number of carboxylic acid groups (broad SMARTS) is 1. The molecule has 0 saturated heterocycles. The summed E-state index contributed by atoms with van der Waals surface area (Å²) in [5.74, 6) is 0.900. The lowest BCUT2D eigenvalue weighted by atomic mass is 10.2. The van der Waals surface area contributed by atoms with Crippen molar-refractivity contribution in [2.24, 2.45) is 0 Å². The Kier molecular flexibility index (Phi) is 6.27. The van der Waals surface area contributed by atoms with Crippen LogP contribution < -0.4 is 15.6 Å². The molecule has 1 rings (SSSR count). The molecule has 0 radical (unpaired) electrons. The molecule has 0 aliphatic carbocycles. The third kappa shape index (κ3) is 4.81. The normalized spacial score (nSPS) is 8.15. The molecule has 0 bridgehead atoms. The van der Waals surface area contributed by atoms with Crippen molar-refractivity contribution >= 4 is 6.47 Å². The van der Waals surface area contributed by atoms with Crippen molar-refractivity contribution in [1.29, 1.82) is 0 Å². The minimum Gasteiger partial charge on any atom is -0.554 e. The van der Waals surface area contributed by atoms with E-state index in [4.69, 9.17) is 14.6 Å². The summed E-state index contributed by atoms with van der Waals surface area (Å²) in [5.41, 5.74) is 5.01. The Hall–Kier alpha value is -1.55. The molecule has 0 aliphatic heterocycles. The van der Waals surface area contributed by atoms with Crippen LogP contribution in [0, 0.1) is 0 Å². The molecular weight excluding hydrogens is 170 g/mol. The van der Waals surface area contributed by atoms with Gasteiger partial charge in [-0.2, -0.15) is 0 Å². The van der Waals surface area contributed by atoms with Gasteiger partial charge in [-0.25, -0.2) is 0 Å². The highest BCUT2D eigenvalue weighted by Gasteiger charge is 1.90. The van der Waals surface area contributed by atoms with Crippen molar-refractivity contribution in [2.45, 2.75) is 6.54 Å². The first kappa shape index (κ1) is 11.4. The monoisotopic (exact) mass is 183 g/mol. The van der Waals surface area contributed by atoms with E-state index in [0.29, 0.717) is 0 Å². The SMILES string of the molecule is COc1ccc(C[NH3+])cc1.O=C[O-]. The Morgan fingerprint density at radius 3 is 2.23 bits per heavy atom. The molecule has 1 aromatic rings. The van der Waals surface area contributed by atoms with Crippen molar-refractivity contribution in [2.75, 3.05) is 7.11 Å². The summed E-state index contributed by atoms with van der Waals surface area (Å²) < 4.78 is 4.99. The van der Waals surface area contributed by atoms with Crippen LogP contribution in [0.25, 0.3) is 0 Å². The van der Waals surface area contributed by atoms with Crippen molar-refractivity contribution in [3.8, 4) is 5.75 Å². The third-order valence-electron chi connectivity index (χ3n) is 1.45. The van der Waals surface area contributed by atoms with Crippen LogP contribution in [0.1, 0.15) is 5.56 Å². The van der Waals surface area contributed by atoms with E-state index in [1.165, 1.54) is 5.56 Å². The van der Waals surface area contributed by atoms with Crippen LogP contribution in [0.15, 0.2) is 24.3 Å². The van der Waals surface area contributed by atoms with Gasteiger partial charge in [0.2, 0.25) is 0 Å². The van der Waals surface area contributed by atoms with Crippen molar-refractivity contribution in [1.82, 2.24) is 0 Å². The van der Waals surface area contributed by atoms with Crippen LogP contribution in [0.2, 0.25) is 0 Å². The summed E-state index contributed by atoms with van der Waals surface area (Å²) in [6.45, 7) is 0.337. The highest BCUT2D eigenvalue weighted by molar-refractivity contribution is 5.29. The quantitative estimate of drug-likeness (QED) is 0.585. The first-order chi connectivity index (χ1) is 6.28. The van der Waals surface area contributed by atoms with E-state index in [0.717, 1.165) is 12.3 Å². The molecule has 1 aromatic carbocycles. The molecule has 4 heteroatoms. The third-order valence-corrected chi connectivity index (χ3v) is 1.45. The van der Waals surface area contributed by atoms with Gasteiger partial charge in [-0.3, -0.25) is 0 Å². The molecule has 0 amide bonds. The number of ether oxygens (including phenoxy) is 1. The van der Waals surface area contributed by atoms with Gasteiger partial charge in [0.1, 0.15) is 5.75 Å². The lowest BCUT2D eigenvalue weighted by Gasteiger charge is -1.98. The van der Waals surface area contributed by atoms with Crippen LogP contribution in [-0.4, -0.2) is 13.6 Å². The molecule has 72 valence electrons. The lowest BCUT2D eigenvalue weighted by molar-refractivity contribution is -0.386. The largest absolute Gasteiger partial charge is 0.554 e. The molecule has 0 saturated carbocycles. The Balaban J connectivity index is 0.000000424. The van der Waals surface area contributed by atoms with Gasteiger partial charge in [0, 0.05) is 12.0 Å². The van der Waals surface area contributed by atoms with Crippen LogP contribution in [0.5, 0.6) is 5.75 Å². The maximum absolute atomic E-state index is 8.25. The minimum atomic E-state index is -0.500. The molecule has 0 aliphatic rings. The second kappa shape index (κ2) is 7.12. The summed E-state index contributed by atoms with van der Waals surface area (Å²) in [7, 11) is 1.67. The van der Waals surface area contributed by atoms with Crippen LogP contribution in [0.4, 0.5) is 0 Å². The Labute approximate surface area is 76.9 Å². The summed E-state index contributed by atoms with van der Waals surface area (Å²) in [5, 5.41) is 8.25. The molecule has 0 fully saturated rings. The number of rotatable bonds is 2. The number of benzene rings is 1. The maximum Gasteiger partial charge on any atom is 0.118 e. The fourth-order valence-electron chi connectivity index (χ4n) is 0.792. The molecule has 13 heavy (non-hydrogen) atoms. The van der Waals surface area contributed by atoms with Gasteiger partial charge in [-0.1, -0.05) is 0 Å². The number of hydrogen-bond donors (Lipinski definition) is 1. The summed E-state index contributed by atoms with van der Waals surface area (Å²) in [6, 6.07) is 7.93. The number of quaternary nitrogens is 1. The average molecular weight is 183 g/mol. The fraction of sp³-hybridized carbons (Fsp3) is 0.222. The Bertz CT molecular complexity index is 210. The number of carbonyl (C=O) groups is 1. The van der Waals surface area contributed by atoms with E-state index in [2.05, 4.69) is 5.73 Å². The molecule has 0 aromatic heterocycles. The smallest absolute Gasteiger partial charge is 0.118 e. The van der Waals surface area contributed by atoms with Crippen molar-refractivity contribution in [3.05, 3.63) is 29.8 Å². The maximum atomic E-state index is 8.25. The molecule has 0 heterocycles. The van der Waals surface area contributed by atoms with Gasteiger partial charge in [-0.05, 0) is 24.3 Å². The summed E-state index contributed by atoms with van der Waals surface area (Å²) >= 11 is 0. The summed E-state index contributed by atoms with van der Waals surface area (Å²) in [4.78, 5) is 8.25. The highest BCUT2D eigenvalue weighted by atomic mass is 16.5. The van der Waals surface area contributed by atoms with E-state index in [1.807, 2.05) is 24.3 Å². The second-order valence-corrected chi connectivity index (χ2v) is 2.19. The molecular formula is C9H13NO3. The lowest BCUT2D eigenvalue weighted by Crippen LogP contribution is -2.47. The standard InChI is InChI=1S/C8H11NO.CH2O2/c1-10-8-4-2-7(6-9)3-5-8;2-1-3/h2-5H,6,9H2,1H3;1H,(H,2,3). The van der Waals surface area contributed by atoms with Crippen molar-refractivity contribution in [3.63, 3.8) is 0 Å². The molecule has 3 N–H and O–H groups in total. The highest BCUT2D eigenvalue weighted by Crippen LogP contribution is 2.09.